The smallest absolute Gasteiger partial charge is 0.235 e. The maximum absolute atomic E-state index is 12.6. The summed E-state index contributed by atoms with van der Waals surface area (Å²) in [4.78, 5) is 49.5. The van der Waals surface area contributed by atoms with Crippen LogP contribution in [0.1, 0.15) is 20.3 Å². The molecule has 0 bridgehead atoms. The van der Waals surface area contributed by atoms with Gasteiger partial charge in [0.1, 0.15) is 11.6 Å². The lowest BCUT2D eigenvalue weighted by Gasteiger charge is -2.20. The molecular weight excluding hydrogens is 415 g/mol. The minimum absolute atomic E-state index is 0.267. The molecule has 2 aromatic rings. The van der Waals surface area contributed by atoms with Crippen LogP contribution in [0.3, 0.4) is 0 Å². The lowest BCUT2D eigenvalue weighted by molar-refractivity contribution is -0.133. The normalized spacial score (nSPS) is 12.6. The van der Waals surface area contributed by atoms with Gasteiger partial charge in [-0.15, -0.1) is 0 Å². The van der Waals surface area contributed by atoms with Crippen molar-refractivity contribution in [3.63, 3.8) is 0 Å². The Morgan fingerprint density at radius 3 is 1.38 bits per heavy atom. The quantitative estimate of drug-likeness (QED) is 0.603. The molecule has 2 aromatic carbocycles. The number of benzene rings is 2. The number of carbonyl (C=O) groups is 4. The van der Waals surface area contributed by atoms with Gasteiger partial charge in [0.2, 0.25) is 11.8 Å². The van der Waals surface area contributed by atoms with Gasteiger partial charge in [0.25, 0.3) is 0 Å². The predicted octanol–water partition coefficient (Wildman–Crippen LogP) is 4.37. The van der Waals surface area contributed by atoms with Gasteiger partial charge in [0.15, 0.2) is 0 Å². The van der Waals surface area contributed by atoms with Crippen molar-refractivity contribution < 1.29 is 19.2 Å². The van der Waals surface area contributed by atoms with Crippen LogP contribution in [0.2, 0.25) is 10.0 Å². The number of carbonyl (C=O) groups excluding carboxylic acids is 4. The second kappa shape index (κ2) is 10.2. The molecule has 0 heterocycles. The van der Waals surface area contributed by atoms with E-state index in [0.717, 1.165) is 0 Å². The molecule has 29 heavy (non-hydrogen) atoms. The van der Waals surface area contributed by atoms with E-state index in [1.54, 1.807) is 48.5 Å². The summed E-state index contributed by atoms with van der Waals surface area (Å²) in [6.07, 6.45) is -0.267. The van der Waals surface area contributed by atoms with Crippen LogP contribution >= 0.6 is 23.2 Å². The Balaban J connectivity index is 2.18. The highest BCUT2D eigenvalue weighted by Crippen LogP contribution is 2.25. The standard InChI is InChI=1S/C21H20Cl2N2O4/c1-12(26)14(20(28)24-18-9-5-3-7-16(18)22)11-15(13(2)27)21(29)25-19-10-6-4-8-17(19)23/h3-10,14-15H,11H2,1-2H3,(H,24,28)(H,25,29). The Morgan fingerprint density at radius 2 is 1.07 bits per heavy atom. The van der Waals surface area contributed by atoms with E-state index in [1.165, 1.54) is 13.8 Å². The Morgan fingerprint density at radius 1 is 0.724 bits per heavy atom. The van der Waals surface area contributed by atoms with E-state index in [2.05, 4.69) is 10.6 Å². The largest absolute Gasteiger partial charge is 0.324 e. The second-order valence-electron chi connectivity index (χ2n) is 6.50. The molecule has 2 amide bonds. The SMILES string of the molecule is CC(=O)C(CC(C(C)=O)C(=O)Nc1ccccc1Cl)C(=O)Nc1ccccc1Cl. The van der Waals surface area contributed by atoms with Crippen LogP contribution < -0.4 is 10.6 Å². The summed E-state index contributed by atoms with van der Waals surface area (Å²) in [5, 5.41) is 5.77. The Labute approximate surface area is 178 Å². The fourth-order valence-corrected chi connectivity index (χ4v) is 3.08. The molecule has 0 fully saturated rings. The van der Waals surface area contributed by atoms with Crippen molar-refractivity contribution in [1.29, 1.82) is 0 Å². The first-order valence-electron chi connectivity index (χ1n) is 8.82. The lowest BCUT2D eigenvalue weighted by atomic mass is 9.88. The van der Waals surface area contributed by atoms with Gasteiger partial charge in [-0.25, -0.2) is 0 Å². The molecular formula is C21H20Cl2N2O4. The molecule has 0 saturated carbocycles. The van der Waals surface area contributed by atoms with Gasteiger partial charge in [0, 0.05) is 0 Å². The molecule has 0 aromatic heterocycles. The summed E-state index contributed by atoms with van der Waals surface area (Å²) in [7, 11) is 0. The molecule has 152 valence electrons. The molecule has 0 aliphatic carbocycles. The van der Waals surface area contributed by atoms with E-state index in [1.807, 2.05) is 0 Å². The van der Waals surface area contributed by atoms with Gasteiger partial charge < -0.3 is 10.6 Å². The number of hydrogen-bond acceptors (Lipinski definition) is 4. The number of nitrogens with one attached hydrogen (secondary N) is 2. The van der Waals surface area contributed by atoms with Gasteiger partial charge in [-0.05, 0) is 44.5 Å². The Bertz CT molecular complexity index is 870. The topological polar surface area (TPSA) is 92.3 Å². The minimum atomic E-state index is -1.20. The molecule has 0 saturated heterocycles. The maximum Gasteiger partial charge on any atom is 0.235 e. The first-order valence-corrected chi connectivity index (χ1v) is 9.58. The first-order chi connectivity index (χ1) is 13.7. The van der Waals surface area contributed by atoms with E-state index in [0.29, 0.717) is 21.4 Å². The van der Waals surface area contributed by atoms with Crippen LogP contribution in [0.4, 0.5) is 11.4 Å². The lowest BCUT2D eigenvalue weighted by Crippen LogP contribution is -2.36. The third-order valence-corrected chi connectivity index (χ3v) is 5.01. The van der Waals surface area contributed by atoms with Crippen molar-refractivity contribution in [1.82, 2.24) is 0 Å². The average Bonchev–Trinajstić information content (AvgIpc) is 2.65. The molecule has 0 aliphatic rings. The number of anilines is 2. The molecule has 0 radical (unpaired) electrons. The summed E-state index contributed by atoms with van der Waals surface area (Å²) in [6, 6.07) is 13.1. The monoisotopic (exact) mass is 434 g/mol. The zero-order chi connectivity index (χ0) is 21.6. The summed E-state index contributed by atoms with van der Waals surface area (Å²) < 4.78 is 0. The fraction of sp³-hybridized carbons (Fsp3) is 0.238. The van der Waals surface area contributed by atoms with Crippen LogP contribution in [0.25, 0.3) is 0 Å². The van der Waals surface area contributed by atoms with Crippen LogP contribution in [-0.4, -0.2) is 23.4 Å². The fourth-order valence-electron chi connectivity index (χ4n) is 2.72. The minimum Gasteiger partial charge on any atom is -0.324 e. The third-order valence-electron chi connectivity index (χ3n) is 4.35. The number of amides is 2. The van der Waals surface area contributed by atoms with Gasteiger partial charge in [0.05, 0.1) is 33.3 Å². The van der Waals surface area contributed by atoms with Gasteiger partial charge in [-0.1, -0.05) is 47.5 Å². The number of para-hydroxylation sites is 2. The number of ketones is 2. The molecule has 2 unspecified atom stereocenters. The van der Waals surface area contributed by atoms with E-state index in [9.17, 15) is 19.2 Å². The van der Waals surface area contributed by atoms with Crippen LogP contribution in [-0.2, 0) is 19.2 Å². The molecule has 0 aliphatic heterocycles. The number of hydrogen-bond donors (Lipinski definition) is 2. The molecule has 6 nitrogen and oxygen atoms in total. The van der Waals surface area contributed by atoms with Crippen molar-refractivity contribution in [3.8, 4) is 0 Å². The van der Waals surface area contributed by atoms with E-state index in [4.69, 9.17) is 23.2 Å². The van der Waals surface area contributed by atoms with E-state index in [-0.39, 0.29) is 6.42 Å². The third kappa shape index (κ3) is 6.14. The van der Waals surface area contributed by atoms with E-state index < -0.39 is 35.2 Å². The predicted molar refractivity (Wildman–Crippen MR) is 113 cm³/mol. The van der Waals surface area contributed by atoms with Crippen molar-refractivity contribution in [3.05, 3.63) is 58.6 Å². The molecule has 2 rings (SSSR count). The Hall–Kier alpha value is -2.70. The summed E-state index contributed by atoms with van der Waals surface area (Å²) >= 11 is 12.1. The number of Topliss-reactive ketones (excluding diaryl/α,β-unsaturated/α-hetero) is 2. The van der Waals surface area contributed by atoms with Crippen molar-refractivity contribution in [2.75, 3.05) is 10.6 Å². The molecule has 8 heteroatoms. The molecule has 2 N–H and O–H groups in total. The zero-order valence-corrected chi connectivity index (χ0v) is 17.4. The van der Waals surface area contributed by atoms with E-state index >= 15 is 0 Å². The van der Waals surface area contributed by atoms with Crippen molar-refractivity contribution in [2.45, 2.75) is 20.3 Å². The van der Waals surface area contributed by atoms with Gasteiger partial charge in [-0.3, -0.25) is 19.2 Å². The zero-order valence-electron chi connectivity index (χ0n) is 15.9. The van der Waals surface area contributed by atoms with Crippen molar-refractivity contribution >= 4 is 58.0 Å². The summed E-state index contributed by atoms with van der Waals surface area (Å²) in [5.41, 5.74) is 0.677. The highest BCUT2D eigenvalue weighted by molar-refractivity contribution is 6.34. The van der Waals surface area contributed by atoms with Gasteiger partial charge in [-0.2, -0.15) is 0 Å². The molecule has 2 atom stereocenters. The summed E-state index contributed by atoms with van der Waals surface area (Å²) in [5.74, 6) is -4.60. The average molecular weight is 435 g/mol. The number of rotatable bonds is 8. The maximum atomic E-state index is 12.6. The first kappa shape index (κ1) is 22.6. The summed E-state index contributed by atoms with van der Waals surface area (Å²) in [6.45, 7) is 2.47. The van der Waals surface area contributed by atoms with Crippen LogP contribution in [0, 0.1) is 11.8 Å². The highest BCUT2D eigenvalue weighted by Gasteiger charge is 2.33. The molecule has 0 spiro atoms. The van der Waals surface area contributed by atoms with Gasteiger partial charge >= 0.3 is 0 Å². The second-order valence-corrected chi connectivity index (χ2v) is 7.31. The van der Waals surface area contributed by atoms with Crippen LogP contribution in [0.5, 0.6) is 0 Å². The Kier molecular flexibility index (Phi) is 7.93. The van der Waals surface area contributed by atoms with Crippen LogP contribution in [0.15, 0.2) is 48.5 Å². The van der Waals surface area contributed by atoms with Crippen molar-refractivity contribution in [2.24, 2.45) is 11.8 Å². The number of halogens is 2. The highest BCUT2D eigenvalue weighted by atomic mass is 35.5.